The van der Waals surface area contributed by atoms with Gasteiger partial charge < -0.3 is 10.1 Å². The van der Waals surface area contributed by atoms with Gasteiger partial charge in [-0.25, -0.2) is 0 Å². The summed E-state index contributed by atoms with van der Waals surface area (Å²) in [6, 6.07) is 3.80. The third-order valence-electron chi connectivity index (χ3n) is 1.58. The molecule has 0 aromatic carbocycles. The molecule has 1 rings (SSSR count). The number of methoxy groups -OCH3 is 1. The van der Waals surface area contributed by atoms with Crippen LogP contribution in [-0.2, 0) is 14.3 Å². The predicted octanol–water partition coefficient (Wildman–Crippen LogP) is 1.05. The highest BCUT2D eigenvalue weighted by atomic mass is 32.1. The van der Waals surface area contributed by atoms with E-state index in [1.54, 1.807) is 6.08 Å². The average Bonchev–Trinajstić information content (AvgIpc) is 2.75. The monoisotopic (exact) mass is 225 g/mol. The molecule has 1 aromatic heterocycles. The van der Waals surface area contributed by atoms with Gasteiger partial charge in [0.1, 0.15) is 6.54 Å². The van der Waals surface area contributed by atoms with Gasteiger partial charge in [-0.2, -0.15) is 0 Å². The molecule has 0 aliphatic heterocycles. The van der Waals surface area contributed by atoms with Crippen LogP contribution in [0.1, 0.15) is 4.88 Å². The molecule has 0 spiro atoms. The third kappa shape index (κ3) is 4.42. The molecule has 80 valence electrons. The smallest absolute Gasteiger partial charge is 0.325 e. The van der Waals surface area contributed by atoms with Crippen LogP contribution in [0.25, 0.3) is 6.08 Å². The molecule has 0 fully saturated rings. The Labute approximate surface area is 91.6 Å². The number of ether oxygens (including phenoxy) is 1. The summed E-state index contributed by atoms with van der Waals surface area (Å²) in [6.45, 7) is -0.107. The summed E-state index contributed by atoms with van der Waals surface area (Å²) in [4.78, 5) is 22.8. The van der Waals surface area contributed by atoms with Crippen molar-refractivity contribution in [1.82, 2.24) is 5.32 Å². The lowest BCUT2D eigenvalue weighted by molar-refractivity contribution is -0.140. The number of amides is 1. The van der Waals surface area contributed by atoms with E-state index in [1.807, 2.05) is 17.5 Å². The summed E-state index contributed by atoms with van der Waals surface area (Å²) in [6.07, 6.45) is 3.08. The lowest BCUT2D eigenvalue weighted by Crippen LogP contribution is -2.28. The highest BCUT2D eigenvalue weighted by Crippen LogP contribution is 2.09. The van der Waals surface area contributed by atoms with Crippen molar-refractivity contribution >= 4 is 29.3 Å². The molecule has 0 bridgehead atoms. The zero-order valence-electron chi connectivity index (χ0n) is 8.23. The Balaban J connectivity index is 2.33. The zero-order chi connectivity index (χ0) is 11.1. The lowest BCUT2D eigenvalue weighted by Gasteiger charge is -1.98. The number of esters is 1. The number of carbonyl (C=O) groups excluding carboxylic acids is 2. The van der Waals surface area contributed by atoms with E-state index in [1.165, 1.54) is 24.5 Å². The van der Waals surface area contributed by atoms with Crippen LogP contribution in [0.15, 0.2) is 23.6 Å². The predicted molar refractivity (Wildman–Crippen MR) is 58.4 cm³/mol. The van der Waals surface area contributed by atoms with Crippen LogP contribution in [0.5, 0.6) is 0 Å². The van der Waals surface area contributed by atoms with Gasteiger partial charge in [-0.05, 0) is 17.5 Å². The molecular formula is C10H11NO3S. The molecule has 4 nitrogen and oxygen atoms in total. The van der Waals surface area contributed by atoms with E-state index in [9.17, 15) is 9.59 Å². The van der Waals surface area contributed by atoms with E-state index in [2.05, 4.69) is 10.1 Å². The molecule has 0 radical (unpaired) electrons. The van der Waals surface area contributed by atoms with Crippen LogP contribution in [0.2, 0.25) is 0 Å². The first-order chi connectivity index (χ1) is 7.22. The lowest BCUT2D eigenvalue weighted by atomic mass is 10.4. The summed E-state index contributed by atoms with van der Waals surface area (Å²) in [5.74, 6) is -0.776. The molecule has 0 saturated carbocycles. The van der Waals surface area contributed by atoms with Gasteiger partial charge >= 0.3 is 5.97 Å². The molecule has 0 saturated heterocycles. The normalized spacial score (nSPS) is 10.2. The molecule has 0 atom stereocenters. The van der Waals surface area contributed by atoms with Crippen LogP contribution in [-0.4, -0.2) is 25.5 Å². The van der Waals surface area contributed by atoms with Crippen molar-refractivity contribution < 1.29 is 14.3 Å². The van der Waals surface area contributed by atoms with Gasteiger partial charge in [0, 0.05) is 11.0 Å². The first-order valence-corrected chi connectivity index (χ1v) is 5.16. The Bertz CT molecular complexity index is 357. The number of hydrogen-bond donors (Lipinski definition) is 1. The molecule has 5 heteroatoms. The van der Waals surface area contributed by atoms with Crippen LogP contribution in [0.4, 0.5) is 0 Å². The number of rotatable bonds is 4. The second-order valence-electron chi connectivity index (χ2n) is 2.64. The van der Waals surface area contributed by atoms with Crippen LogP contribution in [0.3, 0.4) is 0 Å². The molecule has 1 amide bonds. The fourth-order valence-corrected chi connectivity index (χ4v) is 1.45. The van der Waals surface area contributed by atoms with Gasteiger partial charge in [-0.15, -0.1) is 11.3 Å². The number of thiophene rings is 1. The Morgan fingerprint density at radius 2 is 2.40 bits per heavy atom. The molecular weight excluding hydrogens is 214 g/mol. The second-order valence-corrected chi connectivity index (χ2v) is 3.62. The second kappa shape index (κ2) is 5.98. The highest BCUT2D eigenvalue weighted by Gasteiger charge is 2.01. The SMILES string of the molecule is COC(=O)CNC(=O)/C=C/c1cccs1. The summed E-state index contributed by atoms with van der Waals surface area (Å²) in [5, 5.41) is 4.32. The molecule has 15 heavy (non-hydrogen) atoms. The number of nitrogens with one attached hydrogen (secondary N) is 1. The standard InChI is InChI=1S/C10H11NO3S/c1-14-10(13)7-11-9(12)5-4-8-3-2-6-15-8/h2-6H,7H2,1H3,(H,11,12)/b5-4+. The van der Waals surface area contributed by atoms with Gasteiger partial charge in [0.25, 0.3) is 0 Å². The maximum absolute atomic E-state index is 11.2. The summed E-state index contributed by atoms with van der Waals surface area (Å²) >= 11 is 1.54. The average molecular weight is 225 g/mol. The van der Waals surface area contributed by atoms with Crippen molar-refractivity contribution in [2.75, 3.05) is 13.7 Å². The maximum Gasteiger partial charge on any atom is 0.325 e. The largest absolute Gasteiger partial charge is 0.468 e. The summed E-state index contributed by atoms with van der Waals surface area (Å²) in [7, 11) is 1.27. The van der Waals surface area contributed by atoms with Crippen molar-refractivity contribution in [3.8, 4) is 0 Å². The van der Waals surface area contributed by atoms with E-state index in [0.717, 1.165) is 4.88 Å². The van der Waals surface area contributed by atoms with E-state index >= 15 is 0 Å². The summed E-state index contributed by atoms with van der Waals surface area (Å²) in [5.41, 5.74) is 0. The fraction of sp³-hybridized carbons (Fsp3) is 0.200. The van der Waals surface area contributed by atoms with E-state index in [4.69, 9.17) is 0 Å². The van der Waals surface area contributed by atoms with Crippen LogP contribution in [0, 0.1) is 0 Å². The Morgan fingerprint density at radius 1 is 1.60 bits per heavy atom. The number of carbonyl (C=O) groups is 2. The van der Waals surface area contributed by atoms with Gasteiger partial charge in [-0.1, -0.05) is 6.07 Å². The van der Waals surface area contributed by atoms with Gasteiger partial charge in [0.15, 0.2) is 0 Å². The van der Waals surface area contributed by atoms with E-state index < -0.39 is 5.97 Å². The maximum atomic E-state index is 11.2. The quantitative estimate of drug-likeness (QED) is 0.615. The third-order valence-corrected chi connectivity index (χ3v) is 2.41. The van der Waals surface area contributed by atoms with Gasteiger partial charge in [0.2, 0.25) is 5.91 Å². The Hall–Kier alpha value is -1.62. The van der Waals surface area contributed by atoms with E-state index in [0.29, 0.717) is 0 Å². The van der Waals surface area contributed by atoms with E-state index in [-0.39, 0.29) is 12.5 Å². The topological polar surface area (TPSA) is 55.4 Å². The fourth-order valence-electron chi connectivity index (χ4n) is 0.834. The molecule has 1 heterocycles. The molecule has 0 unspecified atom stereocenters. The van der Waals surface area contributed by atoms with Gasteiger partial charge in [0.05, 0.1) is 7.11 Å². The number of hydrogen-bond acceptors (Lipinski definition) is 4. The minimum atomic E-state index is -0.465. The van der Waals surface area contributed by atoms with Crippen molar-refractivity contribution in [3.63, 3.8) is 0 Å². The van der Waals surface area contributed by atoms with Crippen LogP contribution < -0.4 is 5.32 Å². The van der Waals surface area contributed by atoms with Crippen molar-refractivity contribution in [2.24, 2.45) is 0 Å². The zero-order valence-corrected chi connectivity index (χ0v) is 9.04. The Kier molecular flexibility index (Phi) is 4.56. The Morgan fingerprint density at radius 3 is 3.00 bits per heavy atom. The first kappa shape index (κ1) is 11.5. The van der Waals surface area contributed by atoms with Crippen molar-refractivity contribution in [2.45, 2.75) is 0 Å². The van der Waals surface area contributed by atoms with Crippen molar-refractivity contribution in [1.29, 1.82) is 0 Å². The summed E-state index contributed by atoms with van der Waals surface area (Å²) < 4.78 is 4.38. The molecule has 1 aromatic rings. The first-order valence-electron chi connectivity index (χ1n) is 4.28. The molecule has 0 aliphatic carbocycles. The molecule has 0 aliphatic rings. The minimum Gasteiger partial charge on any atom is -0.468 e. The van der Waals surface area contributed by atoms with Crippen LogP contribution >= 0.6 is 11.3 Å². The van der Waals surface area contributed by atoms with Crippen molar-refractivity contribution in [3.05, 3.63) is 28.5 Å². The molecule has 1 N–H and O–H groups in total. The highest BCUT2D eigenvalue weighted by molar-refractivity contribution is 7.10. The van der Waals surface area contributed by atoms with Gasteiger partial charge in [-0.3, -0.25) is 9.59 Å². The minimum absolute atomic E-state index is 0.107.